The van der Waals surface area contributed by atoms with Crippen molar-refractivity contribution in [2.75, 3.05) is 0 Å². The number of benzene rings is 1. The number of halogens is 2. The molecule has 0 aliphatic rings. The van der Waals surface area contributed by atoms with Crippen LogP contribution in [-0.2, 0) is 11.2 Å². The Kier molecular flexibility index (Phi) is 3.43. The van der Waals surface area contributed by atoms with Gasteiger partial charge >= 0.3 is 5.97 Å². The van der Waals surface area contributed by atoms with Gasteiger partial charge < -0.3 is 10.2 Å². The summed E-state index contributed by atoms with van der Waals surface area (Å²) in [7, 11) is 0. The first-order valence-electron chi connectivity index (χ1n) is 3.85. The Morgan fingerprint density at radius 3 is 2.71 bits per heavy atom. The van der Waals surface area contributed by atoms with E-state index in [1.165, 1.54) is 12.1 Å². The van der Waals surface area contributed by atoms with Crippen LogP contribution in [0.15, 0.2) is 18.2 Å². The standard InChI is InChI=1S/C9H8ClFO3/c10-6-2-1-5(3-7(6)11)4-8(12)9(13)14/h1-3,8,12H,4H2,(H,13,14). The molecule has 0 aliphatic heterocycles. The zero-order valence-corrected chi connectivity index (χ0v) is 7.83. The molecular weight excluding hydrogens is 211 g/mol. The van der Waals surface area contributed by atoms with Gasteiger partial charge in [0.2, 0.25) is 0 Å². The molecule has 3 nitrogen and oxygen atoms in total. The van der Waals surface area contributed by atoms with Gasteiger partial charge in [-0.3, -0.25) is 0 Å². The number of aliphatic carboxylic acids is 1. The molecule has 5 heteroatoms. The number of rotatable bonds is 3. The third kappa shape index (κ3) is 2.68. The number of carbonyl (C=O) groups is 1. The van der Waals surface area contributed by atoms with Crippen LogP contribution in [0.4, 0.5) is 4.39 Å². The van der Waals surface area contributed by atoms with Gasteiger partial charge in [0.05, 0.1) is 5.02 Å². The maximum atomic E-state index is 12.9. The summed E-state index contributed by atoms with van der Waals surface area (Å²) in [6.45, 7) is 0. The van der Waals surface area contributed by atoms with E-state index in [0.717, 1.165) is 6.07 Å². The summed E-state index contributed by atoms with van der Waals surface area (Å²) in [5.41, 5.74) is 0.391. The Hall–Kier alpha value is -1.13. The van der Waals surface area contributed by atoms with Crippen LogP contribution in [0.2, 0.25) is 5.02 Å². The molecule has 2 N–H and O–H groups in total. The molecule has 0 amide bonds. The van der Waals surface area contributed by atoms with Crippen LogP contribution >= 0.6 is 11.6 Å². The molecule has 0 saturated carbocycles. The van der Waals surface area contributed by atoms with Crippen molar-refractivity contribution in [1.82, 2.24) is 0 Å². The lowest BCUT2D eigenvalue weighted by molar-refractivity contribution is -0.146. The molecule has 0 spiro atoms. The fraction of sp³-hybridized carbons (Fsp3) is 0.222. The first-order chi connectivity index (χ1) is 6.50. The van der Waals surface area contributed by atoms with E-state index in [4.69, 9.17) is 21.8 Å². The van der Waals surface area contributed by atoms with Crippen LogP contribution in [0.1, 0.15) is 5.56 Å². The van der Waals surface area contributed by atoms with E-state index >= 15 is 0 Å². The summed E-state index contributed by atoms with van der Waals surface area (Å²) >= 11 is 5.43. The Balaban J connectivity index is 2.78. The topological polar surface area (TPSA) is 57.5 Å². The second-order valence-corrected chi connectivity index (χ2v) is 3.21. The second-order valence-electron chi connectivity index (χ2n) is 2.81. The van der Waals surface area contributed by atoms with Crippen molar-refractivity contribution in [3.8, 4) is 0 Å². The van der Waals surface area contributed by atoms with Crippen LogP contribution in [-0.4, -0.2) is 22.3 Å². The van der Waals surface area contributed by atoms with Gasteiger partial charge in [0.1, 0.15) is 5.82 Å². The molecule has 0 heterocycles. The van der Waals surface area contributed by atoms with E-state index in [9.17, 15) is 9.18 Å². The van der Waals surface area contributed by atoms with Crippen LogP contribution < -0.4 is 0 Å². The molecule has 14 heavy (non-hydrogen) atoms. The first kappa shape index (κ1) is 10.9. The van der Waals surface area contributed by atoms with Crippen molar-refractivity contribution in [1.29, 1.82) is 0 Å². The summed E-state index contributed by atoms with van der Waals surface area (Å²) in [6, 6.07) is 3.90. The Morgan fingerprint density at radius 1 is 1.57 bits per heavy atom. The zero-order chi connectivity index (χ0) is 10.7. The average molecular weight is 219 g/mol. The van der Waals surface area contributed by atoms with E-state index < -0.39 is 17.9 Å². The summed E-state index contributed by atoms with van der Waals surface area (Å²) in [6.07, 6.45) is -1.65. The van der Waals surface area contributed by atoms with Crippen molar-refractivity contribution >= 4 is 17.6 Å². The highest BCUT2D eigenvalue weighted by molar-refractivity contribution is 6.30. The SMILES string of the molecule is O=C(O)C(O)Cc1ccc(Cl)c(F)c1. The van der Waals surface area contributed by atoms with Crippen molar-refractivity contribution < 1.29 is 19.4 Å². The Morgan fingerprint density at radius 2 is 2.21 bits per heavy atom. The van der Waals surface area contributed by atoms with Crippen LogP contribution in [0.3, 0.4) is 0 Å². The third-order valence-corrected chi connectivity index (χ3v) is 2.00. The van der Waals surface area contributed by atoms with Gasteiger partial charge in [-0.25, -0.2) is 9.18 Å². The van der Waals surface area contributed by atoms with Crippen LogP contribution in [0.5, 0.6) is 0 Å². The molecule has 0 aliphatic carbocycles. The minimum Gasteiger partial charge on any atom is -0.479 e. The first-order valence-corrected chi connectivity index (χ1v) is 4.23. The summed E-state index contributed by atoms with van der Waals surface area (Å²) < 4.78 is 12.9. The quantitative estimate of drug-likeness (QED) is 0.808. The van der Waals surface area contributed by atoms with Crippen molar-refractivity contribution in [2.45, 2.75) is 12.5 Å². The van der Waals surface area contributed by atoms with Gasteiger partial charge in [-0.15, -0.1) is 0 Å². The van der Waals surface area contributed by atoms with E-state index in [2.05, 4.69) is 0 Å². The number of hydrogen-bond donors (Lipinski definition) is 2. The van der Waals surface area contributed by atoms with E-state index in [1.807, 2.05) is 0 Å². The lowest BCUT2D eigenvalue weighted by Gasteiger charge is -2.05. The van der Waals surface area contributed by atoms with Gasteiger partial charge in [0.25, 0.3) is 0 Å². The smallest absolute Gasteiger partial charge is 0.332 e. The molecule has 0 saturated heterocycles. The highest BCUT2D eigenvalue weighted by Crippen LogP contribution is 2.16. The fourth-order valence-corrected chi connectivity index (χ4v) is 1.09. The molecule has 1 aromatic rings. The highest BCUT2D eigenvalue weighted by Gasteiger charge is 2.14. The number of carboxylic acid groups (broad SMARTS) is 1. The summed E-state index contributed by atoms with van der Waals surface area (Å²) in [5.74, 6) is -1.96. The van der Waals surface area contributed by atoms with Gasteiger partial charge in [-0.1, -0.05) is 17.7 Å². The van der Waals surface area contributed by atoms with E-state index in [-0.39, 0.29) is 11.4 Å². The fourth-order valence-electron chi connectivity index (χ4n) is 0.977. The second kappa shape index (κ2) is 4.39. The molecule has 0 fully saturated rings. The molecule has 1 atom stereocenters. The lowest BCUT2D eigenvalue weighted by Crippen LogP contribution is -2.21. The maximum Gasteiger partial charge on any atom is 0.332 e. The minimum atomic E-state index is -1.52. The highest BCUT2D eigenvalue weighted by atomic mass is 35.5. The van der Waals surface area contributed by atoms with E-state index in [1.54, 1.807) is 0 Å². The lowest BCUT2D eigenvalue weighted by atomic mass is 10.1. The largest absolute Gasteiger partial charge is 0.479 e. The van der Waals surface area contributed by atoms with Crippen molar-refractivity contribution in [2.24, 2.45) is 0 Å². The van der Waals surface area contributed by atoms with Gasteiger partial charge in [-0.2, -0.15) is 0 Å². The summed E-state index contributed by atoms with van der Waals surface area (Å²) in [5, 5.41) is 17.4. The predicted molar refractivity (Wildman–Crippen MR) is 48.8 cm³/mol. The molecule has 1 unspecified atom stereocenters. The molecule has 76 valence electrons. The predicted octanol–water partition coefficient (Wildman–Crippen LogP) is 1.47. The van der Waals surface area contributed by atoms with Crippen LogP contribution in [0, 0.1) is 5.82 Å². The molecule has 1 aromatic carbocycles. The Labute approximate surface area is 84.7 Å². The minimum absolute atomic E-state index is 0.0291. The van der Waals surface area contributed by atoms with Crippen LogP contribution in [0.25, 0.3) is 0 Å². The number of aliphatic hydroxyl groups excluding tert-OH is 1. The number of hydrogen-bond acceptors (Lipinski definition) is 2. The average Bonchev–Trinajstić information content (AvgIpc) is 2.11. The molecule has 0 bridgehead atoms. The number of aliphatic hydroxyl groups is 1. The molecule has 0 radical (unpaired) electrons. The Bertz CT molecular complexity index is 354. The zero-order valence-electron chi connectivity index (χ0n) is 7.08. The van der Waals surface area contributed by atoms with Gasteiger partial charge in [0, 0.05) is 6.42 Å². The maximum absolute atomic E-state index is 12.9. The van der Waals surface area contributed by atoms with Crippen molar-refractivity contribution in [3.05, 3.63) is 34.6 Å². The third-order valence-electron chi connectivity index (χ3n) is 1.70. The van der Waals surface area contributed by atoms with Gasteiger partial charge in [0.15, 0.2) is 6.10 Å². The molecule has 0 aromatic heterocycles. The monoisotopic (exact) mass is 218 g/mol. The molecule has 1 rings (SSSR count). The molecular formula is C9H8ClFO3. The van der Waals surface area contributed by atoms with Crippen molar-refractivity contribution in [3.63, 3.8) is 0 Å². The summed E-state index contributed by atoms with van der Waals surface area (Å²) in [4.78, 5) is 10.3. The van der Waals surface area contributed by atoms with Gasteiger partial charge in [-0.05, 0) is 17.7 Å². The normalized spacial score (nSPS) is 12.5. The number of carboxylic acids is 1. The van der Waals surface area contributed by atoms with E-state index in [0.29, 0.717) is 5.56 Å².